The highest BCUT2D eigenvalue weighted by Gasteiger charge is 2.51. The number of aliphatic hydroxyl groups is 5. The van der Waals surface area contributed by atoms with E-state index < -0.39 is 63.1 Å². The third-order valence-electron chi connectivity index (χ3n) is 9.87. The Morgan fingerprint density at radius 3 is 1.57 bits per heavy atom. The van der Waals surface area contributed by atoms with E-state index >= 15 is 0 Å². The van der Waals surface area contributed by atoms with Gasteiger partial charge in [0.1, 0.15) is 42.7 Å². The molecule has 0 aromatic carbocycles. The number of ether oxygens (including phenoxy) is 2. The van der Waals surface area contributed by atoms with Gasteiger partial charge in [-0.05, 0) is 70.6 Å². The van der Waals surface area contributed by atoms with Gasteiger partial charge in [-0.25, -0.2) is 4.57 Å². The maximum absolute atomic E-state index is 12.8. The summed E-state index contributed by atoms with van der Waals surface area (Å²) in [5.74, 6) is -0.503. The molecule has 6 unspecified atom stereocenters. The van der Waals surface area contributed by atoms with Gasteiger partial charge in [-0.2, -0.15) is 0 Å². The van der Waals surface area contributed by atoms with Gasteiger partial charge in [0.2, 0.25) is 0 Å². The highest BCUT2D eigenvalue weighted by Crippen LogP contribution is 2.47. The van der Waals surface area contributed by atoms with E-state index in [-0.39, 0.29) is 13.0 Å². The molecule has 336 valence electrons. The number of carbonyl (C=O) groups excluding carboxylic acids is 1. The number of allylic oxidation sites excluding steroid dienone is 10. The first kappa shape index (κ1) is 54.1. The van der Waals surface area contributed by atoms with Crippen LogP contribution >= 0.6 is 7.82 Å². The zero-order chi connectivity index (χ0) is 42.7. The van der Waals surface area contributed by atoms with Crippen LogP contribution < -0.4 is 0 Å². The number of hydrogen-bond donors (Lipinski definition) is 6. The molecule has 1 aliphatic rings. The van der Waals surface area contributed by atoms with Crippen molar-refractivity contribution in [2.45, 2.75) is 198 Å². The molecular formula is C45H79O12P. The Balaban J connectivity index is 2.46. The molecule has 0 spiro atoms. The second-order valence-corrected chi connectivity index (χ2v) is 16.6. The minimum atomic E-state index is -5.03. The molecule has 6 atom stereocenters. The van der Waals surface area contributed by atoms with Gasteiger partial charge in [0, 0.05) is 13.0 Å². The van der Waals surface area contributed by atoms with Crippen LogP contribution in [0.1, 0.15) is 155 Å². The van der Waals surface area contributed by atoms with E-state index in [0.29, 0.717) is 19.4 Å². The van der Waals surface area contributed by atoms with Crippen LogP contribution in [0, 0.1) is 0 Å². The predicted octanol–water partition coefficient (Wildman–Crippen LogP) is 8.64. The zero-order valence-corrected chi connectivity index (χ0v) is 36.5. The first-order valence-electron chi connectivity index (χ1n) is 22.1. The van der Waals surface area contributed by atoms with Crippen molar-refractivity contribution in [3.05, 3.63) is 60.8 Å². The minimum Gasteiger partial charge on any atom is -0.457 e. The van der Waals surface area contributed by atoms with Gasteiger partial charge in [-0.15, -0.1) is 0 Å². The Hall–Kier alpha value is -1.96. The summed E-state index contributed by atoms with van der Waals surface area (Å²) in [4.78, 5) is 23.1. The number of aliphatic hydroxyl groups excluding tert-OH is 5. The van der Waals surface area contributed by atoms with Gasteiger partial charge in [-0.1, -0.05) is 139 Å². The summed E-state index contributed by atoms with van der Waals surface area (Å²) in [6.07, 6.45) is 31.6. The molecule has 1 rings (SSSR count). The normalized spacial score (nSPS) is 23.2. The Bertz CT molecular complexity index is 1190. The standard InChI is InChI=1S/C45H79O12P/c1-3-5-7-9-11-13-15-17-19-20-21-22-24-26-28-30-32-34-39(46)56-38(36-54-35-33-31-29-27-25-23-18-16-14-12-10-8-6-4-2)37-55-58(52,53)57-45-43(50)41(48)40(47)42(49)44(45)51/h6,8,12,14,17-19,23,27,29,38,40-45,47-51H,3-5,7,9-11,13,15-16,20-22,24-26,28,30-37H2,1-2H3,(H,52,53)/b8-6-,14-12-,19-17-,23-18-,29-27-. The van der Waals surface area contributed by atoms with Crippen molar-refractivity contribution in [2.24, 2.45) is 0 Å². The molecule has 1 saturated carbocycles. The van der Waals surface area contributed by atoms with Crippen molar-refractivity contribution >= 4 is 13.8 Å². The largest absolute Gasteiger partial charge is 0.472 e. The Kier molecular flexibility index (Phi) is 33.3. The maximum atomic E-state index is 12.8. The zero-order valence-electron chi connectivity index (χ0n) is 35.6. The molecule has 0 bridgehead atoms. The van der Waals surface area contributed by atoms with Crippen LogP contribution in [0.4, 0.5) is 0 Å². The lowest BCUT2D eigenvalue weighted by molar-refractivity contribution is -0.220. The molecule has 0 radical (unpaired) electrons. The Labute approximate surface area is 349 Å². The van der Waals surface area contributed by atoms with Crippen molar-refractivity contribution < 1.29 is 58.3 Å². The summed E-state index contributed by atoms with van der Waals surface area (Å²) in [7, 11) is -5.03. The molecular weight excluding hydrogens is 763 g/mol. The first-order valence-corrected chi connectivity index (χ1v) is 23.6. The summed E-state index contributed by atoms with van der Waals surface area (Å²) in [6, 6.07) is 0. The number of rotatable bonds is 36. The third-order valence-corrected chi connectivity index (χ3v) is 10.9. The van der Waals surface area contributed by atoms with Crippen LogP contribution in [0.15, 0.2) is 60.8 Å². The van der Waals surface area contributed by atoms with Crippen molar-refractivity contribution in [1.82, 2.24) is 0 Å². The minimum absolute atomic E-state index is 0.119. The number of phosphoric acid groups is 1. The van der Waals surface area contributed by atoms with Crippen molar-refractivity contribution in [3.8, 4) is 0 Å². The first-order chi connectivity index (χ1) is 28.0. The van der Waals surface area contributed by atoms with Crippen molar-refractivity contribution in [1.29, 1.82) is 0 Å². The highest BCUT2D eigenvalue weighted by atomic mass is 31.2. The van der Waals surface area contributed by atoms with Gasteiger partial charge in [0.15, 0.2) is 0 Å². The predicted molar refractivity (Wildman–Crippen MR) is 230 cm³/mol. The van der Waals surface area contributed by atoms with Gasteiger partial charge < -0.3 is 39.9 Å². The van der Waals surface area contributed by atoms with Gasteiger partial charge >= 0.3 is 13.8 Å². The van der Waals surface area contributed by atoms with Crippen LogP contribution in [-0.4, -0.2) is 98.9 Å². The molecule has 1 fully saturated rings. The van der Waals surface area contributed by atoms with E-state index in [4.69, 9.17) is 18.5 Å². The van der Waals surface area contributed by atoms with E-state index in [1.165, 1.54) is 57.8 Å². The summed E-state index contributed by atoms with van der Waals surface area (Å²) in [6.45, 7) is 3.98. The fraction of sp³-hybridized carbons (Fsp3) is 0.756. The lowest BCUT2D eigenvalue weighted by Gasteiger charge is -2.41. The Morgan fingerprint density at radius 1 is 0.569 bits per heavy atom. The van der Waals surface area contributed by atoms with Gasteiger partial charge in [-0.3, -0.25) is 13.8 Å². The van der Waals surface area contributed by atoms with E-state index in [0.717, 1.165) is 64.2 Å². The average Bonchev–Trinajstić information content (AvgIpc) is 3.21. The molecule has 0 amide bonds. The van der Waals surface area contributed by atoms with E-state index in [1.54, 1.807) is 0 Å². The number of phosphoric ester groups is 1. The summed E-state index contributed by atoms with van der Waals surface area (Å²) < 4.78 is 34.0. The summed E-state index contributed by atoms with van der Waals surface area (Å²) in [5, 5.41) is 50.1. The van der Waals surface area contributed by atoms with Crippen LogP contribution in [0.5, 0.6) is 0 Å². The quantitative estimate of drug-likeness (QED) is 0.0153. The average molecular weight is 843 g/mol. The maximum Gasteiger partial charge on any atom is 0.472 e. The molecule has 0 aromatic rings. The van der Waals surface area contributed by atoms with E-state index in [2.05, 4.69) is 74.6 Å². The molecule has 0 heterocycles. The molecule has 0 aliphatic heterocycles. The highest BCUT2D eigenvalue weighted by molar-refractivity contribution is 7.47. The van der Waals surface area contributed by atoms with Crippen LogP contribution in [0.25, 0.3) is 0 Å². The molecule has 0 aromatic heterocycles. The number of esters is 1. The fourth-order valence-corrected chi connectivity index (χ4v) is 7.33. The van der Waals surface area contributed by atoms with Crippen LogP contribution in [0.3, 0.4) is 0 Å². The second-order valence-electron chi connectivity index (χ2n) is 15.2. The van der Waals surface area contributed by atoms with Crippen molar-refractivity contribution in [2.75, 3.05) is 19.8 Å². The Morgan fingerprint density at radius 2 is 1.02 bits per heavy atom. The molecule has 6 N–H and O–H groups in total. The second kappa shape index (κ2) is 35.8. The molecule has 13 heteroatoms. The van der Waals surface area contributed by atoms with Gasteiger partial charge in [0.25, 0.3) is 0 Å². The van der Waals surface area contributed by atoms with Crippen LogP contribution in [0.2, 0.25) is 0 Å². The number of hydrogen-bond acceptors (Lipinski definition) is 11. The lowest BCUT2D eigenvalue weighted by Crippen LogP contribution is -2.64. The molecule has 12 nitrogen and oxygen atoms in total. The summed E-state index contributed by atoms with van der Waals surface area (Å²) in [5.41, 5.74) is 0. The van der Waals surface area contributed by atoms with E-state index in [9.17, 15) is 39.8 Å². The smallest absolute Gasteiger partial charge is 0.457 e. The third kappa shape index (κ3) is 27.7. The molecule has 0 saturated heterocycles. The SMILES string of the molecule is CC/C=C\C/C=C\C/C=C\C/C=C\CCCOCC(COP(=O)(O)OC1C(O)C(O)C(O)C(O)C1O)OC(=O)CCCCCCCCC/C=C\CCCCCCCC. The molecule has 58 heavy (non-hydrogen) atoms. The summed E-state index contributed by atoms with van der Waals surface area (Å²) >= 11 is 0. The number of carbonyl (C=O) groups is 1. The van der Waals surface area contributed by atoms with Crippen LogP contribution in [-0.2, 0) is 27.9 Å². The number of unbranched alkanes of at least 4 members (excludes halogenated alkanes) is 14. The van der Waals surface area contributed by atoms with E-state index in [1.807, 2.05) is 0 Å². The fourth-order valence-electron chi connectivity index (χ4n) is 6.35. The topological polar surface area (TPSA) is 192 Å². The van der Waals surface area contributed by atoms with Gasteiger partial charge in [0.05, 0.1) is 13.2 Å². The molecule has 1 aliphatic carbocycles. The monoisotopic (exact) mass is 843 g/mol. The lowest BCUT2D eigenvalue weighted by atomic mass is 9.85. The van der Waals surface area contributed by atoms with Crippen molar-refractivity contribution in [3.63, 3.8) is 0 Å².